The summed E-state index contributed by atoms with van der Waals surface area (Å²) in [5.41, 5.74) is 2.07. The average molecular weight is 400 g/mol. The number of nitrogens with one attached hydrogen (secondary N) is 3. The minimum Gasteiger partial charge on any atom is -0.394 e. The van der Waals surface area contributed by atoms with Crippen LogP contribution in [0, 0.1) is 5.92 Å². The van der Waals surface area contributed by atoms with Gasteiger partial charge in [0.1, 0.15) is 6.04 Å². The van der Waals surface area contributed by atoms with Crippen molar-refractivity contribution in [2.24, 2.45) is 5.92 Å². The van der Waals surface area contributed by atoms with Gasteiger partial charge in [-0.2, -0.15) is 0 Å². The van der Waals surface area contributed by atoms with E-state index in [2.05, 4.69) is 15.6 Å². The van der Waals surface area contributed by atoms with E-state index in [1.54, 1.807) is 0 Å². The molecule has 1 aromatic carbocycles. The van der Waals surface area contributed by atoms with E-state index in [1.165, 1.54) is 4.90 Å². The van der Waals surface area contributed by atoms with Gasteiger partial charge in [0.25, 0.3) is 5.91 Å². The third-order valence-electron chi connectivity index (χ3n) is 5.39. The second kappa shape index (κ2) is 9.09. The summed E-state index contributed by atoms with van der Waals surface area (Å²) in [6.45, 7) is 3.97. The highest BCUT2D eigenvalue weighted by atomic mass is 16.3. The second-order valence-electron chi connectivity index (χ2n) is 7.74. The molecule has 29 heavy (non-hydrogen) atoms. The molecule has 0 bridgehead atoms. The molecule has 1 saturated heterocycles. The van der Waals surface area contributed by atoms with E-state index in [1.807, 2.05) is 44.3 Å². The molecule has 4 N–H and O–H groups in total. The number of rotatable bonds is 9. The van der Waals surface area contributed by atoms with Crippen LogP contribution in [0.15, 0.2) is 30.5 Å². The van der Waals surface area contributed by atoms with Gasteiger partial charge in [0.15, 0.2) is 0 Å². The molecule has 1 fully saturated rings. The predicted octanol–water partition coefficient (Wildman–Crippen LogP) is 1.54. The Balaban J connectivity index is 1.52. The van der Waals surface area contributed by atoms with Crippen molar-refractivity contribution in [3.8, 4) is 0 Å². The molecule has 2 heterocycles. The first kappa shape index (κ1) is 20.9. The number of hydrogen-bond donors (Lipinski definition) is 4. The van der Waals surface area contributed by atoms with Crippen molar-refractivity contribution in [1.82, 2.24) is 20.5 Å². The second-order valence-corrected chi connectivity index (χ2v) is 7.74. The Morgan fingerprint density at radius 3 is 2.76 bits per heavy atom. The molecule has 1 aromatic heterocycles. The molecule has 0 radical (unpaired) electrons. The lowest BCUT2D eigenvalue weighted by atomic mass is 10.0. The van der Waals surface area contributed by atoms with Gasteiger partial charge in [-0.3, -0.25) is 14.5 Å². The number of aliphatic hydroxyl groups is 1. The van der Waals surface area contributed by atoms with Crippen LogP contribution in [0.2, 0.25) is 0 Å². The molecular weight excluding hydrogens is 372 g/mol. The van der Waals surface area contributed by atoms with Gasteiger partial charge in [0.05, 0.1) is 12.6 Å². The summed E-state index contributed by atoms with van der Waals surface area (Å²) in [6.07, 6.45) is 2.80. The van der Waals surface area contributed by atoms with Crippen molar-refractivity contribution < 1.29 is 19.5 Å². The number of aromatic nitrogens is 1. The Kier molecular flexibility index (Phi) is 6.53. The van der Waals surface area contributed by atoms with E-state index in [9.17, 15) is 19.5 Å². The van der Waals surface area contributed by atoms with Gasteiger partial charge in [-0.25, -0.2) is 4.79 Å². The Morgan fingerprint density at radius 2 is 2.03 bits per heavy atom. The lowest BCUT2D eigenvalue weighted by Crippen LogP contribution is -2.42. The summed E-state index contributed by atoms with van der Waals surface area (Å²) in [5.74, 6) is -0.431. The number of amides is 4. The van der Waals surface area contributed by atoms with E-state index < -0.39 is 12.1 Å². The minimum absolute atomic E-state index is 0.107. The molecule has 1 aliphatic rings. The van der Waals surface area contributed by atoms with E-state index in [4.69, 9.17) is 0 Å². The normalized spacial score (nSPS) is 17.8. The Bertz CT molecular complexity index is 892. The Labute approximate surface area is 169 Å². The first-order chi connectivity index (χ1) is 13.9. The van der Waals surface area contributed by atoms with Gasteiger partial charge in [0, 0.05) is 30.1 Å². The fraction of sp³-hybridized carbons (Fsp3) is 0.476. The van der Waals surface area contributed by atoms with Crippen molar-refractivity contribution in [3.05, 3.63) is 36.0 Å². The number of urea groups is 1. The molecule has 0 spiro atoms. The number of imide groups is 1. The van der Waals surface area contributed by atoms with Crippen molar-refractivity contribution in [2.75, 3.05) is 13.2 Å². The Morgan fingerprint density at radius 1 is 1.28 bits per heavy atom. The Hall–Kier alpha value is -2.87. The fourth-order valence-electron chi connectivity index (χ4n) is 3.53. The number of carbonyl (C=O) groups is 3. The zero-order valence-corrected chi connectivity index (χ0v) is 16.8. The molecule has 0 saturated carbocycles. The van der Waals surface area contributed by atoms with Crippen molar-refractivity contribution >= 4 is 28.7 Å². The molecule has 0 unspecified atom stereocenters. The van der Waals surface area contributed by atoms with Crippen molar-refractivity contribution in [2.45, 2.75) is 45.2 Å². The van der Waals surface area contributed by atoms with Gasteiger partial charge in [0.2, 0.25) is 5.91 Å². The first-order valence-electron chi connectivity index (χ1n) is 9.97. The molecule has 2 atom stereocenters. The summed E-state index contributed by atoms with van der Waals surface area (Å²) in [7, 11) is 0. The number of H-pyrrole nitrogens is 1. The number of fused-ring (bicyclic) bond motifs is 1. The standard InChI is InChI=1S/C21H28N4O4/c1-13(2)18(12-26)23-19(27)8-7-17-20(28)25(21(29)24-17)10-9-14-11-22-16-6-4-3-5-15(14)16/h3-6,11,13,17-18,22,26H,7-10,12H2,1-2H3,(H,23,27)(H,24,29)/t17-,18+/m0/s1. The number of benzene rings is 1. The fourth-order valence-corrected chi connectivity index (χ4v) is 3.53. The maximum atomic E-state index is 12.6. The largest absolute Gasteiger partial charge is 0.394 e. The van der Waals surface area contributed by atoms with Crippen LogP contribution >= 0.6 is 0 Å². The minimum atomic E-state index is -0.692. The topological polar surface area (TPSA) is 115 Å². The predicted molar refractivity (Wildman–Crippen MR) is 109 cm³/mol. The number of aliphatic hydroxyl groups excluding tert-OH is 1. The van der Waals surface area contributed by atoms with Crippen LogP contribution in [0.5, 0.6) is 0 Å². The van der Waals surface area contributed by atoms with Crippen molar-refractivity contribution in [3.63, 3.8) is 0 Å². The first-order valence-corrected chi connectivity index (χ1v) is 9.97. The van der Waals surface area contributed by atoms with Crippen molar-refractivity contribution in [1.29, 1.82) is 0 Å². The maximum Gasteiger partial charge on any atom is 0.324 e. The smallest absolute Gasteiger partial charge is 0.324 e. The lowest BCUT2D eigenvalue weighted by Gasteiger charge is -2.20. The van der Waals surface area contributed by atoms with Crippen LogP contribution in [0.25, 0.3) is 10.9 Å². The molecule has 8 heteroatoms. The molecule has 1 aliphatic heterocycles. The number of para-hydroxylation sites is 1. The van der Waals surface area contributed by atoms with E-state index in [0.717, 1.165) is 16.5 Å². The lowest BCUT2D eigenvalue weighted by molar-refractivity contribution is -0.127. The molecule has 4 amide bonds. The summed E-state index contributed by atoms with van der Waals surface area (Å²) in [6, 6.07) is 6.46. The molecule has 3 rings (SSSR count). The summed E-state index contributed by atoms with van der Waals surface area (Å²) < 4.78 is 0. The summed E-state index contributed by atoms with van der Waals surface area (Å²) >= 11 is 0. The SMILES string of the molecule is CC(C)[C@@H](CO)NC(=O)CC[C@@H]1NC(=O)N(CCc2c[nH]c3ccccc23)C1=O. The highest BCUT2D eigenvalue weighted by Crippen LogP contribution is 2.19. The van der Waals surface area contributed by atoms with Crippen LogP contribution in [0.1, 0.15) is 32.3 Å². The number of nitrogens with zero attached hydrogens (tertiary/aromatic N) is 1. The zero-order valence-electron chi connectivity index (χ0n) is 16.8. The van der Waals surface area contributed by atoms with Gasteiger partial charge in [-0.1, -0.05) is 32.0 Å². The molecule has 2 aromatic rings. The van der Waals surface area contributed by atoms with Crippen LogP contribution in [0.4, 0.5) is 4.79 Å². The number of aromatic amines is 1. The molecule has 0 aliphatic carbocycles. The van der Waals surface area contributed by atoms with E-state index in [0.29, 0.717) is 6.42 Å². The number of hydrogen-bond acceptors (Lipinski definition) is 4. The molecule has 156 valence electrons. The van der Waals surface area contributed by atoms with E-state index >= 15 is 0 Å². The highest BCUT2D eigenvalue weighted by molar-refractivity contribution is 6.04. The quantitative estimate of drug-likeness (QED) is 0.478. The van der Waals surface area contributed by atoms with Gasteiger partial charge < -0.3 is 20.7 Å². The van der Waals surface area contributed by atoms with Gasteiger partial charge >= 0.3 is 6.03 Å². The maximum absolute atomic E-state index is 12.6. The summed E-state index contributed by atoms with van der Waals surface area (Å²) in [4.78, 5) is 41.3. The van der Waals surface area contributed by atoms with Crippen LogP contribution < -0.4 is 10.6 Å². The van der Waals surface area contributed by atoms with Crippen LogP contribution in [-0.2, 0) is 16.0 Å². The zero-order chi connectivity index (χ0) is 21.0. The molecular formula is C21H28N4O4. The highest BCUT2D eigenvalue weighted by Gasteiger charge is 2.37. The summed E-state index contributed by atoms with van der Waals surface area (Å²) in [5, 5.41) is 15.8. The van der Waals surface area contributed by atoms with Crippen LogP contribution in [0.3, 0.4) is 0 Å². The van der Waals surface area contributed by atoms with E-state index in [-0.39, 0.29) is 49.8 Å². The van der Waals surface area contributed by atoms with Crippen LogP contribution in [-0.4, -0.2) is 58.1 Å². The average Bonchev–Trinajstić information content (AvgIpc) is 3.23. The molecule has 8 nitrogen and oxygen atoms in total. The third-order valence-corrected chi connectivity index (χ3v) is 5.39. The monoisotopic (exact) mass is 400 g/mol. The van der Waals surface area contributed by atoms with Gasteiger partial charge in [-0.15, -0.1) is 0 Å². The third kappa shape index (κ3) is 4.76. The number of carbonyl (C=O) groups excluding carboxylic acids is 3. The van der Waals surface area contributed by atoms with Gasteiger partial charge in [-0.05, 0) is 30.4 Å².